The third kappa shape index (κ3) is 4.99. The Balaban J connectivity index is 0.000000405. The molecule has 5 heteroatoms. The number of aliphatic carboxylic acids is 2. The zero-order valence-corrected chi connectivity index (χ0v) is 10.4. The summed E-state index contributed by atoms with van der Waals surface area (Å²) in [5, 5.41) is 18.8. The van der Waals surface area contributed by atoms with Gasteiger partial charge in [-0.15, -0.1) is 5.56 Å². The average molecular weight is 287 g/mol. The normalized spacial score (nSPS) is 10.4. The first kappa shape index (κ1) is 16.2. The molecule has 0 heterocycles. The molecule has 18 heavy (non-hydrogen) atoms. The molecular weight excluding hydrogens is 276 g/mol. The number of carboxylic acid groups (broad SMARTS) is 2. The Hall–Kier alpha value is -1.84. The molecule has 95 valence electrons. The van der Waals surface area contributed by atoms with E-state index in [1.165, 1.54) is 12.1 Å². The molecule has 2 rings (SSSR count). The maximum Gasteiger partial charge on any atom is 3.00 e. The standard InChI is InChI=1S/C8H7O4.C5H5.Fe/c9-7(10)6(8(11)12)5-3-1-2-4-5;1-2-4-5-3-1;/h1-4,6H,(H,9,10)(H,11,12);1-5H;/q2*-1;+3/p-1. The van der Waals surface area contributed by atoms with Crippen molar-refractivity contribution in [1.82, 2.24) is 0 Å². The van der Waals surface area contributed by atoms with Crippen LogP contribution in [0.25, 0.3) is 0 Å². The predicted molar refractivity (Wildman–Crippen MR) is 59.5 cm³/mol. The first-order valence-corrected chi connectivity index (χ1v) is 4.95. The SMILES string of the molecule is O=C([O-])C(C(=O)O)[c-]1cccc1.[Fe+3].c1cc[cH-]c1. The Morgan fingerprint density at radius 3 is 1.89 bits per heavy atom. The van der Waals surface area contributed by atoms with Gasteiger partial charge in [0, 0.05) is 5.97 Å². The molecule has 1 radical (unpaired) electrons. The van der Waals surface area contributed by atoms with Gasteiger partial charge in [-0.05, 0) is 0 Å². The van der Waals surface area contributed by atoms with E-state index in [1.54, 1.807) is 12.1 Å². The molecule has 0 aromatic heterocycles. The van der Waals surface area contributed by atoms with E-state index in [0.29, 0.717) is 0 Å². The van der Waals surface area contributed by atoms with Crippen LogP contribution in [0.3, 0.4) is 0 Å². The topological polar surface area (TPSA) is 77.4 Å². The Kier molecular flexibility index (Phi) is 7.43. The van der Waals surface area contributed by atoms with Crippen LogP contribution in [0.15, 0.2) is 54.6 Å². The Morgan fingerprint density at radius 2 is 1.61 bits per heavy atom. The van der Waals surface area contributed by atoms with E-state index in [-0.39, 0.29) is 22.6 Å². The van der Waals surface area contributed by atoms with Gasteiger partial charge in [-0.25, -0.2) is 24.3 Å². The molecular formula is C13H11FeO4. The fourth-order valence-electron chi connectivity index (χ4n) is 1.28. The van der Waals surface area contributed by atoms with Gasteiger partial charge in [0.2, 0.25) is 0 Å². The number of hydrogen-bond donors (Lipinski definition) is 1. The van der Waals surface area contributed by atoms with Crippen molar-refractivity contribution in [3.05, 3.63) is 60.2 Å². The van der Waals surface area contributed by atoms with E-state index >= 15 is 0 Å². The summed E-state index contributed by atoms with van der Waals surface area (Å²) in [6, 6.07) is 16.0. The first-order valence-electron chi connectivity index (χ1n) is 4.95. The van der Waals surface area contributed by atoms with Crippen LogP contribution in [0.1, 0.15) is 11.5 Å². The monoisotopic (exact) mass is 287 g/mol. The molecule has 0 saturated carbocycles. The molecule has 0 aliphatic heterocycles. The van der Waals surface area contributed by atoms with Crippen molar-refractivity contribution >= 4 is 11.9 Å². The predicted octanol–water partition coefficient (Wildman–Crippen LogP) is 0.727. The summed E-state index contributed by atoms with van der Waals surface area (Å²) < 4.78 is 0. The number of carbonyl (C=O) groups excluding carboxylic acids is 1. The zero-order chi connectivity index (χ0) is 12.7. The van der Waals surface area contributed by atoms with Gasteiger partial charge in [-0.3, -0.25) is 4.79 Å². The second-order valence-corrected chi connectivity index (χ2v) is 3.27. The van der Waals surface area contributed by atoms with E-state index in [4.69, 9.17) is 5.11 Å². The number of carboxylic acids is 2. The molecule has 1 unspecified atom stereocenters. The second-order valence-electron chi connectivity index (χ2n) is 3.27. The largest absolute Gasteiger partial charge is 3.00 e. The van der Waals surface area contributed by atoms with Crippen LogP contribution in [-0.2, 0) is 26.7 Å². The number of rotatable bonds is 3. The quantitative estimate of drug-likeness (QED) is 0.513. The molecule has 0 spiro atoms. The number of hydrogen-bond acceptors (Lipinski definition) is 3. The molecule has 4 nitrogen and oxygen atoms in total. The smallest absolute Gasteiger partial charge is 0.550 e. The van der Waals surface area contributed by atoms with Crippen LogP contribution in [0, 0.1) is 0 Å². The minimum atomic E-state index is -1.59. The minimum absolute atomic E-state index is 0. The summed E-state index contributed by atoms with van der Waals surface area (Å²) in [6.45, 7) is 0. The van der Waals surface area contributed by atoms with Gasteiger partial charge < -0.3 is 15.0 Å². The molecule has 0 fully saturated rings. The van der Waals surface area contributed by atoms with Crippen LogP contribution in [0.5, 0.6) is 0 Å². The summed E-state index contributed by atoms with van der Waals surface area (Å²) in [5.41, 5.74) is 0.238. The fourth-order valence-corrected chi connectivity index (χ4v) is 1.28. The molecule has 0 aliphatic carbocycles. The molecule has 1 atom stereocenters. The van der Waals surface area contributed by atoms with Crippen LogP contribution >= 0.6 is 0 Å². The summed E-state index contributed by atoms with van der Waals surface area (Å²) in [4.78, 5) is 20.8. The third-order valence-electron chi connectivity index (χ3n) is 2.06. The van der Waals surface area contributed by atoms with Crippen molar-refractivity contribution in [3.8, 4) is 0 Å². The summed E-state index contributed by atoms with van der Waals surface area (Å²) in [7, 11) is 0. The average Bonchev–Trinajstić information content (AvgIpc) is 2.91. The second kappa shape index (κ2) is 8.28. The van der Waals surface area contributed by atoms with E-state index in [1.807, 2.05) is 30.3 Å². The van der Waals surface area contributed by atoms with Crippen molar-refractivity contribution in [1.29, 1.82) is 0 Å². The first-order chi connectivity index (χ1) is 8.13. The van der Waals surface area contributed by atoms with Crippen LogP contribution in [0.4, 0.5) is 0 Å². The molecule has 0 bridgehead atoms. The Bertz CT molecular complexity index is 414. The molecule has 2 aromatic rings. The summed E-state index contributed by atoms with van der Waals surface area (Å²) >= 11 is 0. The summed E-state index contributed by atoms with van der Waals surface area (Å²) in [6.07, 6.45) is 0. The van der Waals surface area contributed by atoms with Gasteiger partial charge in [0.15, 0.2) is 0 Å². The maximum absolute atomic E-state index is 10.4. The summed E-state index contributed by atoms with van der Waals surface area (Å²) in [5.74, 6) is -4.55. The van der Waals surface area contributed by atoms with Crippen molar-refractivity contribution in [2.75, 3.05) is 0 Å². The Morgan fingerprint density at radius 1 is 1.11 bits per heavy atom. The van der Waals surface area contributed by atoms with Crippen LogP contribution in [-0.4, -0.2) is 17.0 Å². The minimum Gasteiger partial charge on any atom is -0.550 e. The van der Waals surface area contributed by atoms with E-state index < -0.39 is 17.9 Å². The van der Waals surface area contributed by atoms with E-state index in [0.717, 1.165) is 0 Å². The van der Waals surface area contributed by atoms with Crippen LogP contribution in [0.2, 0.25) is 0 Å². The molecule has 1 N–H and O–H groups in total. The Labute approximate surface area is 115 Å². The molecule has 0 aliphatic rings. The van der Waals surface area contributed by atoms with Gasteiger partial charge in [-0.2, -0.15) is 30.3 Å². The van der Waals surface area contributed by atoms with Crippen molar-refractivity contribution in [2.45, 2.75) is 5.92 Å². The van der Waals surface area contributed by atoms with Crippen LogP contribution < -0.4 is 5.11 Å². The van der Waals surface area contributed by atoms with E-state index in [9.17, 15) is 14.7 Å². The van der Waals surface area contributed by atoms with Gasteiger partial charge in [0.05, 0.1) is 5.92 Å². The van der Waals surface area contributed by atoms with Gasteiger partial charge in [-0.1, -0.05) is 0 Å². The van der Waals surface area contributed by atoms with Crippen molar-refractivity contribution in [3.63, 3.8) is 0 Å². The van der Waals surface area contributed by atoms with Gasteiger partial charge in [0.1, 0.15) is 0 Å². The van der Waals surface area contributed by atoms with Gasteiger partial charge >= 0.3 is 23.0 Å². The van der Waals surface area contributed by atoms with Crippen molar-refractivity contribution < 1.29 is 36.9 Å². The van der Waals surface area contributed by atoms with Gasteiger partial charge in [0.25, 0.3) is 0 Å². The molecule has 0 saturated heterocycles. The van der Waals surface area contributed by atoms with E-state index in [2.05, 4.69) is 0 Å². The maximum atomic E-state index is 10.4. The van der Waals surface area contributed by atoms with Crippen molar-refractivity contribution in [2.24, 2.45) is 0 Å². The molecule has 0 amide bonds. The third-order valence-corrected chi connectivity index (χ3v) is 2.06. The zero-order valence-electron chi connectivity index (χ0n) is 9.30. The number of carbonyl (C=O) groups is 2. The fraction of sp³-hybridized carbons (Fsp3) is 0.0769. The molecule has 2 aromatic carbocycles.